The van der Waals surface area contributed by atoms with Gasteiger partial charge in [-0.05, 0) is 57.7 Å². The Morgan fingerprint density at radius 1 is 1.19 bits per heavy atom. The fourth-order valence-electron chi connectivity index (χ4n) is 4.04. The van der Waals surface area contributed by atoms with E-state index in [2.05, 4.69) is 14.8 Å². The number of nitrogens with one attached hydrogen (secondary N) is 1. The van der Waals surface area contributed by atoms with E-state index in [0.29, 0.717) is 30.8 Å². The maximum Gasteiger partial charge on any atom is 0.259 e. The number of amides is 1. The third kappa shape index (κ3) is 4.47. The molecule has 1 aliphatic heterocycles. The highest BCUT2D eigenvalue weighted by molar-refractivity contribution is 7.89. The summed E-state index contributed by atoms with van der Waals surface area (Å²) in [5.41, 5.74) is 3.80. The zero-order chi connectivity index (χ0) is 22.2. The molecular formula is C22H27N5O3S. The Balaban J connectivity index is 1.45. The predicted molar refractivity (Wildman–Crippen MR) is 117 cm³/mol. The molecule has 1 aromatic carbocycles. The van der Waals surface area contributed by atoms with Gasteiger partial charge in [0.1, 0.15) is 5.56 Å². The van der Waals surface area contributed by atoms with Gasteiger partial charge in [-0.15, -0.1) is 0 Å². The lowest BCUT2D eigenvalue weighted by Gasteiger charge is -2.32. The van der Waals surface area contributed by atoms with E-state index in [1.807, 2.05) is 26.8 Å². The number of benzene rings is 1. The van der Waals surface area contributed by atoms with Crippen molar-refractivity contribution < 1.29 is 13.2 Å². The number of carbonyl (C=O) groups is 1. The molecular weight excluding hydrogens is 414 g/mol. The van der Waals surface area contributed by atoms with E-state index in [1.165, 1.54) is 0 Å². The quantitative estimate of drug-likeness (QED) is 0.656. The van der Waals surface area contributed by atoms with E-state index < -0.39 is 10.0 Å². The second-order valence-electron chi connectivity index (χ2n) is 8.26. The molecule has 0 aliphatic carbocycles. The number of nitrogens with zero attached hydrogens (tertiary/aromatic N) is 4. The van der Waals surface area contributed by atoms with Crippen molar-refractivity contribution in [2.24, 2.45) is 5.92 Å². The van der Waals surface area contributed by atoms with Crippen LogP contribution in [0.4, 0.5) is 0 Å². The summed E-state index contributed by atoms with van der Waals surface area (Å²) in [4.78, 5) is 19.7. The first-order valence-electron chi connectivity index (χ1n) is 10.4. The van der Waals surface area contributed by atoms with Gasteiger partial charge >= 0.3 is 0 Å². The summed E-state index contributed by atoms with van der Waals surface area (Å²) in [7, 11) is -3.57. The Morgan fingerprint density at radius 3 is 2.68 bits per heavy atom. The van der Waals surface area contributed by atoms with Crippen LogP contribution in [0, 0.1) is 26.7 Å². The van der Waals surface area contributed by atoms with Crippen LogP contribution in [-0.4, -0.2) is 53.5 Å². The van der Waals surface area contributed by atoms with Gasteiger partial charge in [0.2, 0.25) is 10.0 Å². The van der Waals surface area contributed by atoms with Crippen LogP contribution < -0.4 is 4.72 Å². The van der Waals surface area contributed by atoms with E-state index >= 15 is 0 Å². The summed E-state index contributed by atoms with van der Waals surface area (Å²) >= 11 is 0. The molecule has 0 saturated carbocycles. The summed E-state index contributed by atoms with van der Waals surface area (Å²) in [5, 5.41) is 4.32. The van der Waals surface area contributed by atoms with Crippen LogP contribution in [0.1, 0.15) is 40.2 Å². The maximum absolute atomic E-state index is 13.2. The van der Waals surface area contributed by atoms with Crippen molar-refractivity contribution in [3.05, 3.63) is 59.0 Å². The molecule has 3 heterocycles. The number of fused-ring (bicyclic) bond motifs is 1. The van der Waals surface area contributed by atoms with Crippen LogP contribution in [0.3, 0.4) is 0 Å². The number of piperidine rings is 1. The van der Waals surface area contributed by atoms with Crippen molar-refractivity contribution in [2.45, 2.75) is 38.5 Å². The summed E-state index contributed by atoms with van der Waals surface area (Å²) in [6.07, 6.45) is 3.26. The predicted octanol–water partition coefficient (Wildman–Crippen LogP) is 2.49. The number of sulfonamides is 1. The second kappa shape index (κ2) is 8.39. The molecule has 8 nitrogen and oxygen atoms in total. The van der Waals surface area contributed by atoms with Gasteiger partial charge in [-0.25, -0.2) is 22.6 Å². The van der Waals surface area contributed by atoms with Gasteiger partial charge in [-0.3, -0.25) is 4.79 Å². The van der Waals surface area contributed by atoms with Crippen LogP contribution in [0.15, 0.2) is 41.4 Å². The van der Waals surface area contributed by atoms with Crippen LogP contribution in [0.5, 0.6) is 0 Å². The molecule has 0 radical (unpaired) electrons. The Hall–Kier alpha value is -2.78. The summed E-state index contributed by atoms with van der Waals surface area (Å²) in [6, 6.07) is 8.70. The first kappa shape index (κ1) is 21.5. The molecule has 1 fully saturated rings. The van der Waals surface area contributed by atoms with Crippen LogP contribution >= 0.6 is 0 Å². The van der Waals surface area contributed by atoms with Crippen molar-refractivity contribution in [1.29, 1.82) is 0 Å². The third-order valence-corrected chi connectivity index (χ3v) is 7.15. The molecule has 31 heavy (non-hydrogen) atoms. The second-order valence-corrected chi connectivity index (χ2v) is 10.0. The minimum atomic E-state index is -3.57. The number of carbonyl (C=O) groups excluding carboxylic acids is 1. The van der Waals surface area contributed by atoms with Gasteiger partial charge in [0, 0.05) is 31.0 Å². The fraction of sp³-hybridized carbons (Fsp3) is 0.409. The van der Waals surface area contributed by atoms with E-state index in [4.69, 9.17) is 0 Å². The van der Waals surface area contributed by atoms with E-state index in [9.17, 15) is 13.2 Å². The van der Waals surface area contributed by atoms with Crippen molar-refractivity contribution in [3.63, 3.8) is 0 Å². The number of likely N-dealkylation sites (tertiary alicyclic amines) is 1. The molecule has 1 atom stereocenters. The molecule has 1 N–H and O–H groups in total. The minimum absolute atomic E-state index is 0.0520. The maximum atomic E-state index is 13.2. The highest BCUT2D eigenvalue weighted by atomic mass is 32.2. The van der Waals surface area contributed by atoms with Gasteiger partial charge in [0.25, 0.3) is 5.91 Å². The van der Waals surface area contributed by atoms with E-state index in [0.717, 1.165) is 29.8 Å². The third-order valence-electron chi connectivity index (χ3n) is 5.71. The average molecular weight is 442 g/mol. The summed E-state index contributed by atoms with van der Waals surface area (Å²) in [5.74, 6) is -0.0604. The summed E-state index contributed by atoms with van der Waals surface area (Å²) < 4.78 is 29.6. The van der Waals surface area contributed by atoms with Gasteiger partial charge < -0.3 is 4.90 Å². The lowest BCUT2D eigenvalue weighted by Crippen LogP contribution is -2.43. The number of hydrogen-bond acceptors (Lipinski definition) is 5. The number of rotatable bonds is 5. The van der Waals surface area contributed by atoms with Crippen LogP contribution in [0.25, 0.3) is 5.65 Å². The molecule has 1 amide bonds. The normalized spacial score (nSPS) is 17.3. The summed E-state index contributed by atoms with van der Waals surface area (Å²) in [6.45, 7) is 7.18. The van der Waals surface area contributed by atoms with Gasteiger partial charge in [-0.2, -0.15) is 5.10 Å². The number of hydrogen-bond donors (Lipinski definition) is 1. The Bertz CT molecular complexity index is 1220. The number of aryl methyl sites for hydroxylation is 3. The molecule has 1 saturated heterocycles. The molecule has 1 unspecified atom stereocenters. The lowest BCUT2D eigenvalue weighted by atomic mass is 9.98. The molecule has 2 aromatic heterocycles. The zero-order valence-electron chi connectivity index (χ0n) is 18.0. The van der Waals surface area contributed by atoms with Gasteiger partial charge in [0.05, 0.1) is 11.1 Å². The Morgan fingerprint density at radius 2 is 1.94 bits per heavy atom. The monoisotopic (exact) mass is 441 g/mol. The Labute approximate surface area is 182 Å². The lowest BCUT2D eigenvalue weighted by molar-refractivity contribution is 0.0678. The molecule has 1 aliphatic rings. The standard InChI is InChI=1S/C22H27N5O3S/c1-15-6-8-19(9-7-15)31(29,30)24-12-18-5-4-10-26(14-18)22(28)20-13-23-27-17(3)11-16(2)25-21(20)27/h6-9,11,13,18,24H,4-5,10,12,14H2,1-3H3. The van der Waals surface area contributed by atoms with Crippen molar-refractivity contribution in [1.82, 2.24) is 24.2 Å². The topological polar surface area (TPSA) is 96.7 Å². The first-order valence-corrected chi connectivity index (χ1v) is 11.9. The molecule has 9 heteroatoms. The van der Waals surface area contributed by atoms with E-state index in [-0.39, 0.29) is 16.7 Å². The SMILES string of the molecule is Cc1ccc(S(=O)(=O)NCC2CCCN(C(=O)c3cnn4c(C)cc(C)nc34)C2)cc1. The van der Waals surface area contributed by atoms with Crippen molar-refractivity contribution in [3.8, 4) is 0 Å². The highest BCUT2D eigenvalue weighted by Crippen LogP contribution is 2.21. The van der Waals surface area contributed by atoms with E-state index in [1.54, 1.807) is 39.9 Å². The highest BCUT2D eigenvalue weighted by Gasteiger charge is 2.28. The molecule has 4 rings (SSSR count). The minimum Gasteiger partial charge on any atom is -0.338 e. The van der Waals surface area contributed by atoms with Crippen molar-refractivity contribution in [2.75, 3.05) is 19.6 Å². The Kier molecular flexibility index (Phi) is 5.81. The van der Waals surface area contributed by atoms with Crippen LogP contribution in [0.2, 0.25) is 0 Å². The first-order chi connectivity index (χ1) is 14.7. The van der Waals surface area contributed by atoms with Gasteiger partial charge in [0.15, 0.2) is 5.65 Å². The van der Waals surface area contributed by atoms with Crippen molar-refractivity contribution >= 4 is 21.6 Å². The van der Waals surface area contributed by atoms with Gasteiger partial charge in [-0.1, -0.05) is 17.7 Å². The molecule has 164 valence electrons. The number of aromatic nitrogens is 3. The molecule has 3 aromatic rings. The van der Waals surface area contributed by atoms with Crippen LogP contribution in [-0.2, 0) is 10.0 Å². The zero-order valence-corrected chi connectivity index (χ0v) is 18.8. The molecule has 0 bridgehead atoms. The average Bonchev–Trinajstić information content (AvgIpc) is 3.16. The fourth-order valence-corrected chi connectivity index (χ4v) is 5.15. The molecule has 0 spiro atoms. The smallest absolute Gasteiger partial charge is 0.259 e. The largest absolute Gasteiger partial charge is 0.338 e.